The smallest absolute Gasteiger partial charge is 0.234 e. The van der Waals surface area contributed by atoms with Gasteiger partial charge in [0.2, 0.25) is 5.91 Å². The van der Waals surface area contributed by atoms with Crippen molar-refractivity contribution in [1.29, 1.82) is 0 Å². The van der Waals surface area contributed by atoms with Gasteiger partial charge in [0, 0.05) is 31.2 Å². The molecule has 0 unspecified atom stereocenters. The van der Waals surface area contributed by atoms with Crippen molar-refractivity contribution < 1.29 is 4.79 Å². The standard InChI is InChI=1S/C21H28N4OS/c1-14-6-5-9-25(12-14)20-21(23-8-7-22-20)27-13-18(26)24-19-16(3)10-15(2)11-17(19)4/h7-8,10-11,14H,5-6,9,12-13H2,1-4H3,(H,24,26)/t14-/m1/s1. The van der Waals surface area contributed by atoms with E-state index in [4.69, 9.17) is 0 Å². The molecule has 1 atom stereocenters. The Balaban J connectivity index is 1.66. The van der Waals surface area contributed by atoms with Gasteiger partial charge in [0.1, 0.15) is 5.03 Å². The highest BCUT2D eigenvalue weighted by molar-refractivity contribution is 8.00. The number of thioether (sulfide) groups is 1. The summed E-state index contributed by atoms with van der Waals surface area (Å²) < 4.78 is 0. The summed E-state index contributed by atoms with van der Waals surface area (Å²) in [5, 5.41) is 3.89. The third-order valence-corrected chi connectivity index (χ3v) is 5.85. The predicted molar refractivity (Wildman–Crippen MR) is 113 cm³/mol. The molecule has 144 valence electrons. The molecule has 1 aromatic heterocycles. The molecule has 1 aromatic carbocycles. The van der Waals surface area contributed by atoms with Gasteiger partial charge in [0.05, 0.1) is 5.75 Å². The molecule has 2 aromatic rings. The molecule has 5 nitrogen and oxygen atoms in total. The number of carbonyl (C=O) groups excluding carboxylic acids is 1. The van der Waals surface area contributed by atoms with Crippen LogP contribution in [0.3, 0.4) is 0 Å². The highest BCUT2D eigenvalue weighted by atomic mass is 32.2. The van der Waals surface area contributed by atoms with Gasteiger partial charge in [-0.1, -0.05) is 36.4 Å². The summed E-state index contributed by atoms with van der Waals surface area (Å²) in [6, 6.07) is 4.18. The molecule has 1 saturated heterocycles. The fraction of sp³-hybridized carbons (Fsp3) is 0.476. The SMILES string of the molecule is Cc1cc(C)c(NC(=O)CSc2nccnc2N2CCC[C@@H](C)C2)c(C)c1. The molecule has 1 aliphatic rings. The van der Waals surface area contributed by atoms with E-state index in [-0.39, 0.29) is 5.91 Å². The molecule has 1 N–H and O–H groups in total. The van der Waals surface area contributed by atoms with Gasteiger partial charge < -0.3 is 10.2 Å². The van der Waals surface area contributed by atoms with E-state index in [2.05, 4.69) is 46.2 Å². The number of nitrogens with zero attached hydrogens (tertiary/aromatic N) is 3. The van der Waals surface area contributed by atoms with E-state index in [1.807, 2.05) is 13.8 Å². The largest absolute Gasteiger partial charge is 0.354 e. The maximum atomic E-state index is 12.5. The van der Waals surface area contributed by atoms with Gasteiger partial charge in [0.25, 0.3) is 0 Å². The Morgan fingerprint density at radius 3 is 2.63 bits per heavy atom. The van der Waals surface area contributed by atoms with Crippen molar-refractivity contribution in [2.75, 3.05) is 29.1 Å². The van der Waals surface area contributed by atoms with Gasteiger partial charge in [-0.15, -0.1) is 0 Å². The first-order chi connectivity index (χ1) is 12.9. The number of aromatic nitrogens is 2. The summed E-state index contributed by atoms with van der Waals surface area (Å²) in [6.07, 6.45) is 5.87. The molecule has 1 fully saturated rings. The van der Waals surface area contributed by atoms with Crippen LogP contribution in [0.15, 0.2) is 29.6 Å². The molecule has 1 aliphatic heterocycles. The molecule has 0 bridgehead atoms. The number of hydrogen-bond acceptors (Lipinski definition) is 5. The Kier molecular flexibility index (Phi) is 6.37. The predicted octanol–water partition coefficient (Wildman–Crippen LogP) is 4.37. The minimum Gasteiger partial charge on any atom is -0.354 e. The maximum Gasteiger partial charge on any atom is 0.234 e. The summed E-state index contributed by atoms with van der Waals surface area (Å²) in [5.74, 6) is 1.87. The van der Waals surface area contributed by atoms with E-state index in [9.17, 15) is 4.79 Å². The second-order valence-electron chi connectivity index (χ2n) is 7.49. The van der Waals surface area contributed by atoms with E-state index in [0.717, 1.165) is 40.7 Å². The van der Waals surface area contributed by atoms with E-state index >= 15 is 0 Å². The van der Waals surface area contributed by atoms with Crippen molar-refractivity contribution in [3.63, 3.8) is 0 Å². The number of rotatable bonds is 5. The van der Waals surface area contributed by atoms with Crippen molar-refractivity contribution in [2.45, 2.75) is 45.6 Å². The summed E-state index contributed by atoms with van der Waals surface area (Å²) in [4.78, 5) is 23.9. The van der Waals surface area contributed by atoms with Crippen molar-refractivity contribution in [3.05, 3.63) is 41.2 Å². The Hall–Kier alpha value is -2.08. The van der Waals surface area contributed by atoms with Crippen LogP contribution in [0.2, 0.25) is 0 Å². The third-order valence-electron chi connectivity index (χ3n) is 4.88. The average Bonchev–Trinajstić information content (AvgIpc) is 2.63. The first-order valence-corrected chi connectivity index (χ1v) is 10.5. The number of aryl methyl sites for hydroxylation is 3. The van der Waals surface area contributed by atoms with Crippen LogP contribution in [-0.4, -0.2) is 34.7 Å². The lowest BCUT2D eigenvalue weighted by molar-refractivity contribution is -0.113. The molecule has 0 spiro atoms. The quantitative estimate of drug-likeness (QED) is 0.776. The van der Waals surface area contributed by atoms with E-state index in [0.29, 0.717) is 11.7 Å². The summed E-state index contributed by atoms with van der Waals surface area (Å²) >= 11 is 1.46. The topological polar surface area (TPSA) is 58.1 Å². The molecular formula is C21H28N4OS. The Morgan fingerprint density at radius 2 is 1.93 bits per heavy atom. The van der Waals surface area contributed by atoms with Crippen LogP contribution in [0, 0.1) is 26.7 Å². The number of anilines is 2. The molecule has 1 amide bonds. The monoisotopic (exact) mass is 384 g/mol. The second kappa shape index (κ2) is 8.74. The van der Waals surface area contributed by atoms with Gasteiger partial charge in [-0.2, -0.15) is 0 Å². The number of hydrogen-bond donors (Lipinski definition) is 1. The van der Waals surface area contributed by atoms with Crippen LogP contribution in [0.1, 0.15) is 36.5 Å². The van der Waals surface area contributed by atoms with Crippen LogP contribution in [0.5, 0.6) is 0 Å². The molecule has 27 heavy (non-hydrogen) atoms. The van der Waals surface area contributed by atoms with Crippen LogP contribution >= 0.6 is 11.8 Å². The van der Waals surface area contributed by atoms with Crippen LogP contribution in [-0.2, 0) is 4.79 Å². The van der Waals surface area contributed by atoms with Crippen molar-refractivity contribution in [3.8, 4) is 0 Å². The number of benzene rings is 1. The Bertz CT molecular complexity index is 801. The number of carbonyl (C=O) groups is 1. The molecule has 0 aliphatic carbocycles. The first-order valence-electron chi connectivity index (χ1n) is 9.50. The average molecular weight is 385 g/mol. The Morgan fingerprint density at radius 1 is 1.22 bits per heavy atom. The minimum atomic E-state index is -0.0151. The molecule has 0 radical (unpaired) electrons. The maximum absolute atomic E-state index is 12.5. The normalized spacial score (nSPS) is 17.0. The molecule has 0 saturated carbocycles. The van der Waals surface area contributed by atoms with E-state index in [1.165, 1.54) is 30.2 Å². The lowest BCUT2D eigenvalue weighted by Crippen LogP contribution is -2.35. The van der Waals surface area contributed by atoms with Crippen LogP contribution in [0.4, 0.5) is 11.5 Å². The van der Waals surface area contributed by atoms with Gasteiger partial charge >= 0.3 is 0 Å². The zero-order valence-corrected chi connectivity index (χ0v) is 17.4. The van der Waals surface area contributed by atoms with Gasteiger partial charge in [-0.3, -0.25) is 4.79 Å². The Labute approximate surface area is 166 Å². The van der Waals surface area contributed by atoms with Crippen molar-refractivity contribution >= 4 is 29.2 Å². The molecular weight excluding hydrogens is 356 g/mol. The van der Waals surface area contributed by atoms with Crippen molar-refractivity contribution in [1.82, 2.24) is 9.97 Å². The fourth-order valence-corrected chi connectivity index (χ4v) is 4.49. The fourth-order valence-electron chi connectivity index (χ4n) is 3.71. The van der Waals surface area contributed by atoms with Gasteiger partial charge in [-0.05, 0) is 50.7 Å². The van der Waals surface area contributed by atoms with E-state index < -0.39 is 0 Å². The minimum absolute atomic E-state index is 0.0151. The highest BCUT2D eigenvalue weighted by Crippen LogP contribution is 2.29. The lowest BCUT2D eigenvalue weighted by atomic mass is 10.0. The van der Waals surface area contributed by atoms with Crippen molar-refractivity contribution in [2.24, 2.45) is 5.92 Å². The second-order valence-corrected chi connectivity index (χ2v) is 8.45. The molecule has 6 heteroatoms. The summed E-state index contributed by atoms with van der Waals surface area (Å²) in [7, 11) is 0. The van der Waals surface area contributed by atoms with E-state index in [1.54, 1.807) is 12.4 Å². The third kappa shape index (κ3) is 5.01. The van der Waals surface area contributed by atoms with Gasteiger partial charge in [-0.25, -0.2) is 9.97 Å². The first kappa shape index (κ1) is 19.7. The number of amides is 1. The van der Waals surface area contributed by atoms with Gasteiger partial charge in [0.15, 0.2) is 5.82 Å². The molecule has 3 rings (SSSR count). The van der Waals surface area contributed by atoms with Crippen LogP contribution in [0.25, 0.3) is 0 Å². The zero-order chi connectivity index (χ0) is 19.4. The lowest BCUT2D eigenvalue weighted by Gasteiger charge is -2.32. The number of nitrogens with one attached hydrogen (secondary N) is 1. The zero-order valence-electron chi connectivity index (χ0n) is 16.6. The summed E-state index contributed by atoms with van der Waals surface area (Å²) in [6.45, 7) is 10.4. The van der Waals surface area contributed by atoms with Crippen LogP contribution < -0.4 is 10.2 Å². The molecule has 2 heterocycles. The number of piperidine rings is 1. The summed E-state index contributed by atoms with van der Waals surface area (Å²) in [5.41, 5.74) is 4.30. The highest BCUT2D eigenvalue weighted by Gasteiger charge is 2.21.